The zero-order valence-corrected chi connectivity index (χ0v) is 13.2. The Balaban J connectivity index is 1.23. The van der Waals surface area contributed by atoms with E-state index in [2.05, 4.69) is 11.1 Å². The minimum Gasteiger partial charge on any atom is -0.390 e. The third-order valence-corrected chi connectivity index (χ3v) is 5.75. The van der Waals surface area contributed by atoms with E-state index in [1.807, 2.05) is 30.2 Å². The number of hydrogen-bond acceptors (Lipinski definition) is 3. The highest BCUT2D eigenvalue weighted by Gasteiger charge is 2.55. The zero-order chi connectivity index (χ0) is 15.4. The summed E-state index contributed by atoms with van der Waals surface area (Å²) in [5.74, 6) is 1.07. The second-order valence-electron chi connectivity index (χ2n) is 8.10. The van der Waals surface area contributed by atoms with Crippen LogP contribution in [0.2, 0.25) is 0 Å². The predicted molar refractivity (Wildman–Crippen MR) is 83.0 cm³/mol. The van der Waals surface area contributed by atoms with Crippen LogP contribution in [-0.4, -0.2) is 39.6 Å². The molecule has 1 amide bonds. The van der Waals surface area contributed by atoms with Gasteiger partial charge in [0, 0.05) is 36.3 Å². The summed E-state index contributed by atoms with van der Waals surface area (Å²) in [6.07, 6.45) is 6.67. The van der Waals surface area contributed by atoms with Gasteiger partial charge in [0.1, 0.15) is 0 Å². The van der Waals surface area contributed by atoms with Crippen molar-refractivity contribution in [1.29, 1.82) is 0 Å². The fourth-order valence-corrected chi connectivity index (χ4v) is 4.74. The molecule has 2 saturated carbocycles. The molecule has 3 fully saturated rings. The average molecular weight is 300 g/mol. The van der Waals surface area contributed by atoms with Crippen LogP contribution in [-0.2, 0) is 11.2 Å². The fourth-order valence-electron chi connectivity index (χ4n) is 4.74. The predicted octanol–water partition coefficient (Wildman–Crippen LogP) is 2.02. The highest BCUT2D eigenvalue weighted by atomic mass is 16.3. The molecule has 4 rings (SSSR count). The number of aliphatic hydroxyl groups is 1. The normalized spacial score (nSPS) is 33.0. The van der Waals surface area contributed by atoms with Gasteiger partial charge in [-0.2, -0.15) is 0 Å². The molecule has 118 valence electrons. The van der Waals surface area contributed by atoms with Crippen molar-refractivity contribution in [1.82, 2.24) is 9.88 Å². The summed E-state index contributed by atoms with van der Waals surface area (Å²) in [4.78, 5) is 18.7. The summed E-state index contributed by atoms with van der Waals surface area (Å²) >= 11 is 0. The van der Waals surface area contributed by atoms with Crippen LogP contribution in [0.1, 0.15) is 38.3 Å². The topological polar surface area (TPSA) is 53.4 Å². The van der Waals surface area contributed by atoms with Crippen molar-refractivity contribution in [3.8, 4) is 0 Å². The number of pyridine rings is 1. The van der Waals surface area contributed by atoms with Crippen molar-refractivity contribution in [2.24, 2.45) is 17.3 Å². The van der Waals surface area contributed by atoms with Gasteiger partial charge in [0.15, 0.2) is 0 Å². The van der Waals surface area contributed by atoms with Gasteiger partial charge < -0.3 is 10.0 Å². The molecule has 1 spiro atoms. The van der Waals surface area contributed by atoms with E-state index in [0.717, 1.165) is 25.4 Å². The Morgan fingerprint density at radius 2 is 2.05 bits per heavy atom. The lowest BCUT2D eigenvalue weighted by Gasteiger charge is -2.60. The van der Waals surface area contributed by atoms with Crippen molar-refractivity contribution in [3.63, 3.8) is 0 Å². The van der Waals surface area contributed by atoms with E-state index < -0.39 is 5.60 Å². The molecule has 0 aromatic carbocycles. The molecule has 22 heavy (non-hydrogen) atoms. The number of likely N-dealkylation sites (tertiary alicyclic amines) is 1. The second kappa shape index (κ2) is 4.79. The van der Waals surface area contributed by atoms with Crippen LogP contribution >= 0.6 is 0 Å². The lowest BCUT2D eigenvalue weighted by atomic mass is 9.56. The number of aromatic nitrogens is 1. The molecule has 0 atom stereocenters. The van der Waals surface area contributed by atoms with Crippen molar-refractivity contribution >= 4 is 5.91 Å². The Hall–Kier alpha value is -1.42. The van der Waals surface area contributed by atoms with Gasteiger partial charge in [0.05, 0.1) is 5.60 Å². The van der Waals surface area contributed by atoms with Gasteiger partial charge in [-0.15, -0.1) is 0 Å². The molecule has 4 heteroatoms. The summed E-state index contributed by atoms with van der Waals surface area (Å²) < 4.78 is 0. The minimum absolute atomic E-state index is 0.0664. The number of nitrogens with zero attached hydrogens (tertiary/aromatic N) is 2. The van der Waals surface area contributed by atoms with Gasteiger partial charge in [-0.05, 0) is 57.1 Å². The van der Waals surface area contributed by atoms with Crippen LogP contribution in [0.25, 0.3) is 0 Å². The minimum atomic E-state index is -0.604. The average Bonchev–Trinajstić information content (AvgIpc) is 2.37. The molecule has 1 saturated heterocycles. The monoisotopic (exact) mass is 300 g/mol. The van der Waals surface area contributed by atoms with E-state index in [4.69, 9.17) is 0 Å². The maximum atomic E-state index is 12.3. The number of rotatable bonds is 3. The summed E-state index contributed by atoms with van der Waals surface area (Å²) in [7, 11) is 0. The van der Waals surface area contributed by atoms with E-state index in [1.165, 1.54) is 18.5 Å². The Kier molecular flexibility index (Phi) is 3.09. The van der Waals surface area contributed by atoms with Gasteiger partial charge in [-0.25, -0.2) is 0 Å². The lowest BCUT2D eigenvalue weighted by Crippen LogP contribution is -2.66. The van der Waals surface area contributed by atoms with E-state index in [1.54, 1.807) is 0 Å². The molecule has 1 aromatic heterocycles. The first-order valence-corrected chi connectivity index (χ1v) is 8.36. The van der Waals surface area contributed by atoms with E-state index >= 15 is 0 Å². The van der Waals surface area contributed by atoms with Gasteiger partial charge in [0.2, 0.25) is 5.91 Å². The van der Waals surface area contributed by atoms with Gasteiger partial charge in [-0.1, -0.05) is 6.07 Å². The molecule has 1 aliphatic heterocycles. The van der Waals surface area contributed by atoms with Crippen molar-refractivity contribution in [3.05, 3.63) is 30.1 Å². The largest absolute Gasteiger partial charge is 0.390 e. The first-order chi connectivity index (χ1) is 10.4. The molecule has 3 aliphatic rings. The second-order valence-corrected chi connectivity index (χ2v) is 8.10. The molecule has 1 aromatic rings. The van der Waals surface area contributed by atoms with Crippen molar-refractivity contribution in [2.45, 2.75) is 44.6 Å². The highest BCUT2D eigenvalue weighted by Crippen LogP contribution is 2.53. The van der Waals surface area contributed by atoms with Crippen LogP contribution in [0.15, 0.2) is 24.4 Å². The standard InChI is InChI=1S/C18H24N2O2/c1-17(22)9-14(10-17)16(21)20-11-18(12-20)7-13(8-18)6-15-4-2-3-5-19-15/h2-5,13-14,22H,6-12H2,1H3. The van der Waals surface area contributed by atoms with Gasteiger partial charge >= 0.3 is 0 Å². The van der Waals surface area contributed by atoms with Gasteiger partial charge in [-0.3, -0.25) is 9.78 Å². The summed E-state index contributed by atoms with van der Waals surface area (Å²) in [6, 6.07) is 6.11. The van der Waals surface area contributed by atoms with E-state index in [-0.39, 0.29) is 11.8 Å². The first-order valence-electron chi connectivity index (χ1n) is 8.36. The SMILES string of the molecule is CC1(O)CC(C(=O)N2CC3(CC(Cc4ccccn4)C3)C2)C1. The molecule has 0 radical (unpaired) electrons. The molecular formula is C18H24N2O2. The summed E-state index contributed by atoms with van der Waals surface area (Å²) in [6.45, 7) is 3.69. The third-order valence-electron chi connectivity index (χ3n) is 5.75. The number of hydrogen-bond donors (Lipinski definition) is 1. The Morgan fingerprint density at radius 1 is 1.32 bits per heavy atom. The number of carbonyl (C=O) groups excluding carboxylic acids is 1. The van der Waals surface area contributed by atoms with Crippen LogP contribution in [0.4, 0.5) is 0 Å². The van der Waals surface area contributed by atoms with Crippen LogP contribution in [0, 0.1) is 17.3 Å². The van der Waals surface area contributed by atoms with Crippen molar-refractivity contribution < 1.29 is 9.90 Å². The quantitative estimate of drug-likeness (QED) is 0.929. The summed E-state index contributed by atoms with van der Waals surface area (Å²) in [5, 5.41) is 9.76. The van der Waals surface area contributed by atoms with Crippen LogP contribution in [0.5, 0.6) is 0 Å². The maximum Gasteiger partial charge on any atom is 0.225 e. The molecule has 2 aliphatic carbocycles. The smallest absolute Gasteiger partial charge is 0.225 e. The molecular weight excluding hydrogens is 276 g/mol. The van der Waals surface area contributed by atoms with Gasteiger partial charge in [0.25, 0.3) is 0 Å². The van der Waals surface area contributed by atoms with E-state index in [0.29, 0.717) is 18.3 Å². The Morgan fingerprint density at radius 3 is 2.64 bits per heavy atom. The number of amides is 1. The molecule has 0 unspecified atom stereocenters. The summed E-state index contributed by atoms with van der Waals surface area (Å²) in [5.41, 5.74) is 0.986. The van der Waals surface area contributed by atoms with E-state index in [9.17, 15) is 9.90 Å². The first kappa shape index (κ1) is 14.2. The zero-order valence-electron chi connectivity index (χ0n) is 13.2. The molecule has 1 N–H and O–H groups in total. The molecule has 2 heterocycles. The molecule has 0 bridgehead atoms. The maximum absolute atomic E-state index is 12.3. The third kappa shape index (κ3) is 2.43. The van der Waals surface area contributed by atoms with Crippen LogP contribution < -0.4 is 0 Å². The lowest BCUT2D eigenvalue weighted by molar-refractivity contribution is -0.171. The molecule has 4 nitrogen and oxygen atoms in total. The Bertz CT molecular complexity index is 562. The van der Waals surface area contributed by atoms with Crippen molar-refractivity contribution in [2.75, 3.05) is 13.1 Å². The van der Waals surface area contributed by atoms with Crippen LogP contribution in [0.3, 0.4) is 0 Å². The Labute approximate surface area is 131 Å². The highest BCUT2D eigenvalue weighted by molar-refractivity contribution is 5.81. The number of carbonyl (C=O) groups is 1. The fraction of sp³-hybridized carbons (Fsp3) is 0.667.